The van der Waals surface area contributed by atoms with E-state index < -0.39 is 0 Å². The van der Waals surface area contributed by atoms with E-state index in [1.165, 1.54) is 0 Å². The van der Waals surface area contributed by atoms with Gasteiger partial charge in [0.15, 0.2) is 0 Å². The Bertz CT molecular complexity index is 77.0. The lowest BCUT2D eigenvalue weighted by Crippen LogP contribution is -2.21. The van der Waals surface area contributed by atoms with E-state index in [0.29, 0.717) is 12.5 Å². The van der Waals surface area contributed by atoms with Gasteiger partial charge in [-0.25, -0.2) is 0 Å². The van der Waals surface area contributed by atoms with E-state index >= 15 is 0 Å². The van der Waals surface area contributed by atoms with E-state index in [4.69, 9.17) is 10.8 Å². The zero-order valence-corrected chi connectivity index (χ0v) is 5.64. The SMILES string of the molecule is [NH][C@H]1CC[C@@H](CO)CC1. The Hall–Kier alpha value is -0.0800. The average molecular weight is 128 g/mol. The molecule has 2 heteroatoms. The van der Waals surface area contributed by atoms with Crippen molar-refractivity contribution in [1.82, 2.24) is 5.73 Å². The molecular weight excluding hydrogens is 114 g/mol. The molecule has 0 aromatic carbocycles. The van der Waals surface area contributed by atoms with Gasteiger partial charge >= 0.3 is 0 Å². The van der Waals surface area contributed by atoms with Gasteiger partial charge in [0.1, 0.15) is 0 Å². The summed E-state index contributed by atoms with van der Waals surface area (Å²) in [5.41, 5.74) is 7.36. The van der Waals surface area contributed by atoms with Gasteiger partial charge in [0.05, 0.1) is 0 Å². The number of rotatable bonds is 1. The van der Waals surface area contributed by atoms with E-state index in [9.17, 15) is 0 Å². The van der Waals surface area contributed by atoms with Gasteiger partial charge in [0.2, 0.25) is 0 Å². The minimum Gasteiger partial charge on any atom is -0.396 e. The molecule has 0 aliphatic heterocycles. The maximum absolute atomic E-state index is 8.72. The molecule has 0 amide bonds. The molecule has 0 bridgehead atoms. The fourth-order valence-corrected chi connectivity index (χ4v) is 1.35. The third-order valence-corrected chi connectivity index (χ3v) is 2.10. The molecule has 1 rings (SSSR count). The largest absolute Gasteiger partial charge is 0.396 e. The smallest absolute Gasteiger partial charge is 0.0459 e. The molecule has 0 aromatic heterocycles. The molecule has 9 heavy (non-hydrogen) atoms. The Kier molecular flexibility index (Phi) is 2.49. The van der Waals surface area contributed by atoms with Crippen LogP contribution in [0.5, 0.6) is 0 Å². The van der Waals surface area contributed by atoms with Crippen LogP contribution in [0.25, 0.3) is 0 Å². The van der Waals surface area contributed by atoms with Crippen molar-refractivity contribution in [3.05, 3.63) is 0 Å². The maximum atomic E-state index is 8.72. The first-order valence-electron chi connectivity index (χ1n) is 3.65. The van der Waals surface area contributed by atoms with E-state index in [0.717, 1.165) is 25.7 Å². The average Bonchev–Trinajstić information content (AvgIpc) is 1.90. The zero-order chi connectivity index (χ0) is 6.69. The normalized spacial score (nSPS) is 36.7. The molecule has 0 atom stereocenters. The van der Waals surface area contributed by atoms with Crippen LogP contribution < -0.4 is 5.73 Å². The topological polar surface area (TPSA) is 44.0 Å². The molecule has 53 valence electrons. The molecule has 2 nitrogen and oxygen atoms in total. The molecule has 0 spiro atoms. The summed E-state index contributed by atoms with van der Waals surface area (Å²) in [6, 6.07) is 0.160. The summed E-state index contributed by atoms with van der Waals surface area (Å²) in [5.74, 6) is 0.506. The second-order valence-corrected chi connectivity index (χ2v) is 2.90. The van der Waals surface area contributed by atoms with Crippen LogP contribution in [-0.4, -0.2) is 17.8 Å². The highest BCUT2D eigenvalue weighted by molar-refractivity contribution is 4.72. The minimum absolute atomic E-state index is 0.160. The highest BCUT2D eigenvalue weighted by Gasteiger charge is 2.17. The number of aliphatic hydroxyl groups is 1. The standard InChI is InChI=1S/C7H14NO/c8-7-3-1-6(5-9)2-4-7/h6-9H,1-5H2/t6-,7+. The molecule has 0 heterocycles. The van der Waals surface area contributed by atoms with Crippen molar-refractivity contribution in [3.63, 3.8) is 0 Å². The van der Waals surface area contributed by atoms with E-state index in [2.05, 4.69) is 0 Å². The van der Waals surface area contributed by atoms with Crippen LogP contribution in [0, 0.1) is 5.92 Å². The van der Waals surface area contributed by atoms with Crippen molar-refractivity contribution < 1.29 is 5.11 Å². The van der Waals surface area contributed by atoms with Crippen LogP contribution >= 0.6 is 0 Å². The summed E-state index contributed by atoms with van der Waals surface area (Å²) >= 11 is 0. The number of hydrogen-bond donors (Lipinski definition) is 1. The van der Waals surface area contributed by atoms with Crippen molar-refractivity contribution in [2.75, 3.05) is 6.61 Å². The first kappa shape index (κ1) is 7.03. The number of nitrogens with one attached hydrogen (secondary N) is 1. The molecule has 0 aromatic rings. The molecule has 0 saturated heterocycles. The van der Waals surface area contributed by atoms with Gasteiger partial charge in [-0.3, -0.25) is 5.73 Å². The third kappa shape index (κ3) is 1.95. The van der Waals surface area contributed by atoms with Gasteiger partial charge in [-0.15, -0.1) is 0 Å². The van der Waals surface area contributed by atoms with Gasteiger partial charge in [0, 0.05) is 12.6 Å². The maximum Gasteiger partial charge on any atom is 0.0459 e. The molecule has 1 aliphatic carbocycles. The minimum atomic E-state index is 0.160. The lowest BCUT2D eigenvalue weighted by Gasteiger charge is -2.23. The molecule has 1 fully saturated rings. The van der Waals surface area contributed by atoms with Crippen molar-refractivity contribution >= 4 is 0 Å². The van der Waals surface area contributed by atoms with Crippen molar-refractivity contribution in [2.45, 2.75) is 31.7 Å². The first-order valence-corrected chi connectivity index (χ1v) is 3.65. The second-order valence-electron chi connectivity index (χ2n) is 2.90. The van der Waals surface area contributed by atoms with Crippen molar-refractivity contribution in [2.24, 2.45) is 5.92 Å². The van der Waals surface area contributed by atoms with Crippen LogP contribution in [0.4, 0.5) is 0 Å². The highest BCUT2D eigenvalue weighted by atomic mass is 16.3. The Labute approximate surface area is 56.1 Å². The van der Waals surface area contributed by atoms with Gasteiger partial charge < -0.3 is 5.11 Å². The predicted octanol–water partition coefficient (Wildman–Crippen LogP) is 0.820. The Balaban J connectivity index is 2.18. The predicted molar refractivity (Wildman–Crippen MR) is 35.9 cm³/mol. The lowest BCUT2D eigenvalue weighted by molar-refractivity contribution is 0.182. The molecule has 1 radical (unpaired) electrons. The number of hydrogen-bond acceptors (Lipinski definition) is 1. The lowest BCUT2D eigenvalue weighted by atomic mass is 9.87. The Morgan fingerprint density at radius 1 is 1.22 bits per heavy atom. The third-order valence-electron chi connectivity index (χ3n) is 2.10. The monoisotopic (exact) mass is 128 g/mol. The fourth-order valence-electron chi connectivity index (χ4n) is 1.35. The van der Waals surface area contributed by atoms with E-state index in [1.807, 2.05) is 0 Å². The quantitative estimate of drug-likeness (QED) is 0.558. The summed E-state index contributed by atoms with van der Waals surface area (Å²) < 4.78 is 0. The highest BCUT2D eigenvalue weighted by Crippen LogP contribution is 2.22. The van der Waals surface area contributed by atoms with Gasteiger partial charge in [-0.05, 0) is 31.6 Å². The van der Waals surface area contributed by atoms with Gasteiger partial charge in [-0.1, -0.05) is 0 Å². The molecule has 2 N–H and O–H groups in total. The summed E-state index contributed by atoms with van der Waals surface area (Å²) in [4.78, 5) is 0. The van der Waals surface area contributed by atoms with Crippen molar-refractivity contribution in [3.8, 4) is 0 Å². The molecule has 0 unspecified atom stereocenters. The molecule has 1 aliphatic rings. The van der Waals surface area contributed by atoms with E-state index in [-0.39, 0.29) is 6.04 Å². The van der Waals surface area contributed by atoms with Crippen LogP contribution in [0.1, 0.15) is 25.7 Å². The van der Waals surface area contributed by atoms with E-state index in [1.54, 1.807) is 0 Å². The van der Waals surface area contributed by atoms with Crippen LogP contribution in [-0.2, 0) is 0 Å². The van der Waals surface area contributed by atoms with Gasteiger partial charge in [-0.2, -0.15) is 0 Å². The fraction of sp³-hybridized carbons (Fsp3) is 1.00. The summed E-state index contributed by atoms with van der Waals surface area (Å²) in [5, 5.41) is 8.72. The first-order chi connectivity index (χ1) is 4.33. The molecule has 1 saturated carbocycles. The molecular formula is C7H14NO. The summed E-state index contributed by atoms with van der Waals surface area (Å²) in [6.45, 7) is 0.326. The zero-order valence-electron chi connectivity index (χ0n) is 5.64. The Morgan fingerprint density at radius 2 is 1.78 bits per heavy atom. The second kappa shape index (κ2) is 3.18. The van der Waals surface area contributed by atoms with Crippen LogP contribution in [0.15, 0.2) is 0 Å². The van der Waals surface area contributed by atoms with Gasteiger partial charge in [0.25, 0.3) is 0 Å². The summed E-state index contributed by atoms with van der Waals surface area (Å²) in [7, 11) is 0. The number of aliphatic hydroxyl groups excluding tert-OH is 1. The van der Waals surface area contributed by atoms with Crippen LogP contribution in [0.2, 0.25) is 0 Å². The van der Waals surface area contributed by atoms with Crippen molar-refractivity contribution in [1.29, 1.82) is 0 Å². The Morgan fingerprint density at radius 3 is 2.22 bits per heavy atom. The van der Waals surface area contributed by atoms with Crippen LogP contribution in [0.3, 0.4) is 0 Å². The summed E-state index contributed by atoms with van der Waals surface area (Å²) in [6.07, 6.45) is 4.10.